The number of fused-ring (bicyclic) bond motifs is 9. The standard InChI is InChI=1S/C48H29NO3/c1-3-12-32(13-4-1)49(33-14-5-2-6-15-33)40-20-9-19-39-47-37(18-11-23-43(47)52-48(39)40)36-17-10-22-42-46(36)38-27-25-31(29-45(38)51-42)30-24-26-35-34-16-7-8-21-41(34)50-44(35)28-30/h1-29H. The number of anilines is 3. The lowest BCUT2D eigenvalue weighted by Gasteiger charge is -2.25. The zero-order valence-electron chi connectivity index (χ0n) is 27.9. The maximum atomic E-state index is 6.79. The van der Waals surface area contributed by atoms with Crippen molar-refractivity contribution >= 4 is 82.9 Å². The van der Waals surface area contributed by atoms with Gasteiger partial charge in [0.2, 0.25) is 0 Å². The van der Waals surface area contributed by atoms with Crippen LogP contribution in [-0.2, 0) is 0 Å². The lowest BCUT2D eigenvalue weighted by molar-refractivity contribution is 0.668. The van der Waals surface area contributed by atoms with E-state index in [0.29, 0.717) is 0 Å². The van der Waals surface area contributed by atoms with Gasteiger partial charge in [0.05, 0.1) is 5.69 Å². The van der Waals surface area contributed by atoms with E-state index in [1.807, 2.05) is 30.3 Å². The summed E-state index contributed by atoms with van der Waals surface area (Å²) in [4.78, 5) is 2.26. The predicted octanol–water partition coefficient (Wildman–Crippen LogP) is 14.2. The fourth-order valence-electron chi connectivity index (χ4n) is 7.95. The summed E-state index contributed by atoms with van der Waals surface area (Å²) in [5, 5.41) is 6.56. The highest BCUT2D eigenvalue weighted by Gasteiger charge is 2.22. The number of hydrogen-bond donors (Lipinski definition) is 0. The number of para-hydroxylation sites is 4. The quantitative estimate of drug-likeness (QED) is 0.183. The molecule has 52 heavy (non-hydrogen) atoms. The van der Waals surface area contributed by atoms with Crippen molar-refractivity contribution in [2.24, 2.45) is 0 Å². The molecule has 0 radical (unpaired) electrons. The molecule has 3 aromatic heterocycles. The van der Waals surface area contributed by atoms with E-state index in [2.05, 4.69) is 150 Å². The Morgan fingerprint density at radius 3 is 1.54 bits per heavy atom. The molecular formula is C48H29NO3. The van der Waals surface area contributed by atoms with Gasteiger partial charge in [-0.15, -0.1) is 0 Å². The number of nitrogens with zero attached hydrogens (tertiary/aromatic N) is 1. The van der Waals surface area contributed by atoms with Gasteiger partial charge in [-0.3, -0.25) is 0 Å². The summed E-state index contributed by atoms with van der Waals surface area (Å²) in [5.74, 6) is 0. The Labute approximate surface area is 298 Å². The van der Waals surface area contributed by atoms with Crippen LogP contribution in [-0.4, -0.2) is 0 Å². The van der Waals surface area contributed by atoms with Crippen LogP contribution < -0.4 is 4.90 Å². The minimum Gasteiger partial charge on any atom is -0.456 e. The van der Waals surface area contributed by atoms with E-state index >= 15 is 0 Å². The van der Waals surface area contributed by atoms with Crippen molar-refractivity contribution < 1.29 is 13.3 Å². The average Bonchev–Trinajstić information content (AvgIpc) is 3.90. The molecule has 0 spiro atoms. The summed E-state index contributed by atoms with van der Waals surface area (Å²) in [6, 6.07) is 61.1. The van der Waals surface area contributed by atoms with E-state index in [1.165, 1.54) is 0 Å². The molecular weight excluding hydrogens is 639 g/mol. The summed E-state index contributed by atoms with van der Waals surface area (Å²) >= 11 is 0. The van der Waals surface area contributed by atoms with Gasteiger partial charge in [-0.2, -0.15) is 0 Å². The van der Waals surface area contributed by atoms with Crippen molar-refractivity contribution in [3.8, 4) is 22.3 Å². The second-order valence-electron chi connectivity index (χ2n) is 13.2. The van der Waals surface area contributed by atoms with Crippen LogP contribution in [0, 0.1) is 0 Å². The van der Waals surface area contributed by atoms with E-state index in [1.54, 1.807) is 0 Å². The molecule has 0 saturated carbocycles. The monoisotopic (exact) mass is 667 g/mol. The van der Waals surface area contributed by atoms with Crippen molar-refractivity contribution in [1.29, 1.82) is 0 Å². The van der Waals surface area contributed by atoms with Crippen LogP contribution in [0.15, 0.2) is 189 Å². The highest BCUT2D eigenvalue weighted by atomic mass is 16.3. The number of hydrogen-bond acceptors (Lipinski definition) is 4. The Kier molecular flexibility index (Phi) is 6.22. The largest absolute Gasteiger partial charge is 0.456 e. The molecule has 0 N–H and O–H groups in total. The molecule has 0 aliphatic rings. The molecule has 4 heteroatoms. The minimum absolute atomic E-state index is 0.841. The molecule has 0 unspecified atom stereocenters. The molecule has 0 saturated heterocycles. The molecule has 244 valence electrons. The first kappa shape index (κ1) is 28.8. The van der Waals surface area contributed by atoms with Gasteiger partial charge in [0.1, 0.15) is 27.9 Å². The van der Waals surface area contributed by atoms with E-state index in [9.17, 15) is 0 Å². The fourth-order valence-corrected chi connectivity index (χ4v) is 7.95. The highest BCUT2D eigenvalue weighted by Crippen LogP contribution is 2.46. The van der Waals surface area contributed by atoms with Crippen LogP contribution in [0.3, 0.4) is 0 Å². The predicted molar refractivity (Wildman–Crippen MR) is 214 cm³/mol. The van der Waals surface area contributed by atoms with E-state index in [4.69, 9.17) is 13.3 Å². The third-order valence-electron chi connectivity index (χ3n) is 10.3. The molecule has 0 aliphatic carbocycles. The van der Waals surface area contributed by atoms with Crippen molar-refractivity contribution in [2.75, 3.05) is 4.90 Å². The second kappa shape index (κ2) is 11.2. The topological polar surface area (TPSA) is 42.7 Å². The molecule has 0 fully saturated rings. The maximum Gasteiger partial charge on any atom is 0.159 e. The van der Waals surface area contributed by atoms with Gasteiger partial charge in [-0.05, 0) is 95.1 Å². The molecule has 3 heterocycles. The lowest BCUT2D eigenvalue weighted by atomic mass is 9.94. The molecule has 11 aromatic rings. The van der Waals surface area contributed by atoms with Crippen LogP contribution in [0.25, 0.3) is 88.1 Å². The second-order valence-corrected chi connectivity index (χ2v) is 13.2. The number of furan rings is 3. The van der Waals surface area contributed by atoms with Gasteiger partial charge >= 0.3 is 0 Å². The maximum absolute atomic E-state index is 6.79. The van der Waals surface area contributed by atoms with Crippen molar-refractivity contribution in [3.05, 3.63) is 176 Å². The first-order chi connectivity index (χ1) is 25.8. The summed E-state index contributed by atoms with van der Waals surface area (Å²) < 4.78 is 19.6. The van der Waals surface area contributed by atoms with Gasteiger partial charge in [-0.1, -0.05) is 103 Å². The SMILES string of the molecule is c1ccc(N(c2ccccc2)c2cccc3c2oc2cccc(-c4cccc5oc6cc(-c7ccc8c(c7)oc7ccccc78)ccc6c45)c23)cc1. The Morgan fingerprint density at radius 2 is 0.827 bits per heavy atom. The van der Waals surface area contributed by atoms with Crippen LogP contribution in [0.5, 0.6) is 0 Å². The molecule has 0 aliphatic heterocycles. The van der Waals surface area contributed by atoms with Crippen LogP contribution in [0.2, 0.25) is 0 Å². The van der Waals surface area contributed by atoms with Crippen molar-refractivity contribution in [2.45, 2.75) is 0 Å². The molecule has 8 aromatic carbocycles. The first-order valence-corrected chi connectivity index (χ1v) is 17.5. The zero-order chi connectivity index (χ0) is 34.2. The Bertz CT molecular complexity index is 3090. The van der Waals surface area contributed by atoms with Gasteiger partial charge in [-0.25, -0.2) is 0 Å². The van der Waals surface area contributed by atoms with Crippen molar-refractivity contribution in [3.63, 3.8) is 0 Å². The normalized spacial score (nSPS) is 11.8. The number of rotatable bonds is 5. The molecule has 0 amide bonds. The molecule has 0 bridgehead atoms. The minimum atomic E-state index is 0.841. The summed E-state index contributed by atoms with van der Waals surface area (Å²) in [6.45, 7) is 0. The molecule has 11 rings (SSSR count). The van der Waals surface area contributed by atoms with Crippen LogP contribution >= 0.6 is 0 Å². The zero-order valence-corrected chi connectivity index (χ0v) is 27.9. The fraction of sp³-hybridized carbons (Fsp3) is 0. The number of benzene rings is 8. The summed E-state index contributed by atoms with van der Waals surface area (Å²) in [5.41, 5.74) is 12.6. The Balaban J connectivity index is 1.08. The van der Waals surface area contributed by atoms with Gasteiger partial charge in [0.25, 0.3) is 0 Å². The van der Waals surface area contributed by atoms with E-state index in [-0.39, 0.29) is 0 Å². The van der Waals surface area contributed by atoms with Gasteiger partial charge in [0, 0.05) is 43.7 Å². The van der Waals surface area contributed by atoms with Crippen LogP contribution in [0.4, 0.5) is 17.1 Å². The van der Waals surface area contributed by atoms with E-state index < -0.39 is 0 Å². The van der Waals surface area contributed by atoms with Gasteiger partial charge in [0.15, 0.2) is 5.58 Å². The lowest BCUT2D eigenvalue weighted by Crippen LogP contribution is -2.09. The Morgan fingerprint density at radius 1 is 0.327 bits per heavy atom. The molecule has 0 atom stereocenters. The van der Waals surface area contributed by atoms with Crippen molar-refractivity contribution in [1.82, 2.24) is 0 Å². The highest BCUT2D eigenvalue weighted by molar-refractivity contribution is 6.21. The smallest absolute Gasteiger partial charge is 0.159 e. The van der Waals surface area contributed by atoms with E-state index in [0.717, 1.165) is 105 Å². The molecule has 4 nitrogen and oxygen atoms in total. The summed E-state index contributed by atoms with van der Waals surface area (Å²) in [7, 11) is 0. The van der Waals surface area contributed by atoms with Crippen LogP contribution in [0.1, 0.15) is 0 Å². The third-order valence-corrected chi connectivity index (χ3v) is 10.3. The summed E-state index contributed by atoms with van der Waals surface area (Å²) in [6.07, 6.45) is 0. The first-order valence-electron chi connectivity index (χ1n) is 17.5. The van der Waals surface area contributed by atoms with Gasteiger partial charge < -0.3 is 18.2 Å². The Hall–Kier alpha value is -7.04. The third kappa shape index (κ3) is 4.34. The average molecular weight is 668 g/mol.